The Morgan fingerprint density at radius 2 is 2.11 bits per heavy atom. The SMILES string of the molecule is CCCN(C(=O)c1ccc(OC)c(Br)c1)C(C)C. The Morgan fingerprint density at radius 1 is 1.44 bits per heavy atom. The van der Waals surface area contributed by atoms with E-state index in [2.05, 4.69) is 22.9 Å². The van der Waals surface area contributed by atoms with E-state index in [9.17, 15) is 4.79 Å². The number of carbonyl (C=O) groups is 1. The predicted octanol–water partition coefficient (Wildman–Crippen LogP) is 3.72. The lowest BCUT2D eigenvalue weighted by Gasteiger charge is -2.26. The maximum absolute atomic E-state index is 12.4. The number of carbonyl (C=O) groups excluding carboxylic acids is 1. The summed E-state index contributed by atoms with van der Waals surface area (Å²) in [4.78, 5) is 14.3. The van der Waals surface area contributed by atoms with Gasteiger partial charge in [0.2, 0.25) is 0 Å². The van der Waals surface area contributed by atoms with E-state index < -0.39 is 0 Å². The monoisotopic (exact) mass is 313 g/mol. The molecule has 0 saturated carbocycles. The second-order valence-corrected chi connectivity index (χ2v) is 5.30. The van der Waals surface area contributed by atoms with Gasteiger partial charge in [-0.15, -0.1) is 0 Å². The van der Waals surface area contributed by atoms with Gasteiger partial charge in [-0.25, -0.2) is 0 Å². The standard InChI is InChI=1S/C14H20BrNO2/c1-5-8-16(10(2)3)14(17)11-6-7-13(18-4)12(15)9-11/h6-7,9-10H,5,8H2,1-4H3. The van der Waals surface area contributed by atoms with Crippen molar-refractivity contribution >= 4 is 21.8 Å². The number of nitrogens with zero attached hydrogens (tertiary/aromatic N) is 1. The average Bonchev–Trinajstić information content (AvgIpc) is 2.34. The third-order valence-electron chi connectivity index (χ3n) is 2.75. The van der Waals surface area contributed by atoms with Gasteiger partial charge in [0, 0.05) is 18.2 Å². The van der Waals surface area contributed by atoms with E-state index in [-0.39, 0.29) is 11.9 Å². The first-order valence-electron chi connectivity index (χ1n) is 6.15. The molecule has 18 heavy (non-hydrogen) atoms. The molecule has 0 N–H and O–H groups in total. The van der Waals surface area contributed by atoms with Gasteiger partial charge in [-0.05, 0) is 54.4 Å². The van der Waals surface area contributed by atoms with Crippen LogP contribution in [0.25, 0.3) is 0 Å². The van der Waals surface area contributed by atoms with Gasteiger partial charge in [-0.2, -0.15) is 0 Å². The first-order valence-corrected chi connectivity index (χ1v) is 6.95. The van der Waals surface area contributed by atoms with Crippen molar-refractivity contribution in [3.05, 3.63) is 28.2 Å². The highest BCUT2D eigenvalue weighted by atomic mass is 79.9. The van der Waals surface area contributed by atoms with Crippen LogP contribution in [0.3, 0.4) is 0 Å². The highest BCUT2D eigenvalue weighted by Gasteiger charge is 2.18. The summed E-state index contributed by atoms with van der Waals surface area (Å²) in [5.41, 5.74) is 0.685. The zero-order valence-corrected chi connectivity index (χ0v) is 13.0. The van der Waals surface area contributed by atoms with Crippen LogP contribution in [0.5, 0.6) is 5.75 Å². The van der Waals surface area contributed by atoms with Crippen molar-refractivity contribution in [2.24, 2.45) is 0 Å². The summed E-state index contributed by atoms with van der Waals surface area (Å²) in [7, 11) is 1.61. The largest absolute Gasteiger partial charge is 0.496 e. The van der Waals surface area contributed by atoms with Crippen LogP contribution in [-0.4, -0.2) is 30.5 Å². The van der Waals surface area contributed by atoms with Gasteiger partial charge in [0.05, 0.1) is 11.6 Å². The summed E-state index contributed by atoms with van der Waals surface area (Å²) in [6, 6.07) is 5.63. The van der Waals surface area contributed by atoms with Crippen molar-refractivity contribution in [1.82, 2.24) is 4.90 Å². The summed E-state index contributed by atoms with van der Waals surface area (Å²) in [5.74, 6) is 0.799. The van der Waals surface area contributed by atoms with Crippen molar-refractivity contribution in [3.8, 4) is 5.75 Å². The molecule has 0 heterocycles. The van der Waals surface area contributed by atoms with Crippen LogP contribution in [0.15, 0.2) is 22.7 Å². The van der Waals surface area contributed by atoms with E-state index in [0.717, 1.165) is 23.2 Å². The topological polar surface area (TPSA) is 29.5 Å². The molecule has 4 heteroatoms. The summed E-state index contributed by atoms with van der Waals surface area (Å²) < 4.78 is 5.97. The van der Waals surface area contributed by atoms with Crippen LogP contribution < -0.4 is 4.74 Å². The first-order chi connectivity index (χ1) is 8.51. The average molecular weight is 314 g/mol. The molecule has 0 aliphatic carbocycles. The molecular formula is C14H20BrNO2. The number of hydrogen-bond donors (Lipinski definition) is 0. The van der Waals surface area contributed by atoms with Crippen molar-refractivity contribution in [3.63, 3.8) is 0 Å². The maximum atomic E-state index is 12.4. The third kappa shape index (κ3) is 3.48. The van der Waals surface area contributed by atoms with Crippen LogP contribution in [0, 0.1) is 0 Å². The van der Waals surface area contributed by atoms with Gasteiger partial charge in [0.1, 0.15) is 5.75 Å². The van der Waals surface area contributed by atoms with E-state index in [0.29, 0.717) is 5.56 Å². The third-order valence-corrected chi connectivity index (χ3v) is 3.37. The number of ether oxygens (including phenoxy) is 1. The molecule has 1 amide bonds. The molecule has 100 valence electrons. The smallest absolute Gasteiger partial charge is 0.254 e. The predicted molar refractivity (Wildman–Crippen MR) is 77.2 cm³/mol. The van der Waals surface area contributed by atoms with Gasteiger partial charge in [-0.1, -0.05) is 6.92 Å². The normalized spacial score (nSPS) is 10.6. The van der Waals surface area contributed by atoms with Crippen molar-refractivity contribution in [2.45, 2.75) is 33.2 Å². The maximum Gasteiger partial charge on any atom is 0.254 e. The van der Waals surface area contributed by atoms with Crippen LogP contribution in [0.2, 0.25) is 0 Å². The number of amides is 1. The molecule has 3 nitrogen and oxygen atoms in total. The second kappa shape index (κ2) is 6.78. The number of halogens is 1. The zero-order valence-electron chi connectivity index (χ0n) is 11.4. The van der Waals surface area contributed by atoms with Crippen LogP contribution in [0.1, 0.15) is 37.6 Å². The molecule has 0 spiro atoms. The Balaban J connectivity index is 2.98. The van der Waals surface area contributed by atoms with E-state index in [1.807, 2.05) is 30.9 Å². The molecule has 0 aliphatic rings. The number of methoxy groups -OCH3 is 1. The van der Waals surface area contributed by atoms with Gasteiger partial charge in [0.15, 0.2) is 0 Å². The fourth-order valence-corrected chi connectivity index (χ4v) is 2.34. The Bertz CT molecular complexity index is 418. The van der Waals surface area contributed by atoms with E-state index in [1.54, 1.807) is 13.2 Å². The molecule has 0 radical (unpaired) electrons. The molecule has 0 atom stereocenters. The minimum atomic E-state index is 0.0650. The summed E-state index contributed by atoms with van der Waals surface area (Å²) >= 11 is 3.41. The Kier molecular flexibility index (Phi) is 5.66. The molecule has 1 rings (SSSR count). The van der Waals surface area contributed by atoms with Crippen LogP contribution in [0.4, 0.5) is 0 Å². The van der Waals surface area contributed by atoms with Crippen molar-refractivity contribution in [2.75, 3.05) is 13.7 Å². The lowest BCUT2D eigenvalue weighted by molar-refractivity contribution is 0.0706. The van der Waals surface area contributed by atoms with Gasteiger partial charge < -0.3 is 9.64 Å². The van der Waals surface area contributed by atoms with Gasteiger partial charge in [-0.3, -0.25) is 4.79 Å². The van der Waals surface area contributed by atoms with Crippen molar-refractivity contribution < 1.29 is 9.53 Å². The second-order valence-electron chi connectivity index (χ2n) is 4.44. The number of hydrogen-bond acceptors (Lipinski definition) is 2. The molecule has 0 saturated heterocycles. The highest BCUT2D eigenvalue weighted by molar-refractivity contribution is 9.10. The van der Waals surface area contributed by atoms with Gasteiger partial charge in [0.25, 0.3) is 5.91 Å². The minimum Gasteiger partial charge on any atom is -0.496 e. The van der Waals surface area contributed by atoms with Crippen LogP contribution >= 0.6 is 15.9 Å². The molecule has 1 aromatic rings. The molecule has 0 fully saturated rings. The Morgan fingerprint density at radius 3 is 2.56 bits per heavy atom. The van der Waals surface area contributed by atoms with Crippen LogP contribution in [-0.2, 0) is 0 Å². The zero-order chi connectivity index (χ0) is 13.7. The Labute approximate surface area is 117 Å². The molecule has 0 aromatic heterocycles. The van der Waals surface area contributed by atoms with Gasteiger partial charge >= 0.3 is 0 Å². The summed E-state index contributed by atoms with van der Waals surface area (Å²) in [6.07, 6.45) is 0.960. The van der Waals surface area contributed by atoms with Crippen molar-refractivity contribution in [1.29, 1.82) is 0 Å². The Hall–Kier alpha value is -1.03. The fourth-order valence-electron chi connectivity index (χ4n) is 1.80. The number of rotatable bonds is 5. The summed E-state index contributed by atoms with van der Waals surface area (Å²) in [6.45, 7) is 6.92. The molecule has 0 unspecified atom stereocenters. The quantitative estimate of drug-likeness (QED) is 0.829. The molecular weight excluding hydrogens is 294 g/mol. The minimum absolute atomic E-state index is 0.0650. The lowest BCUT2D eigenvalue weighted by atomic mass is 10.1. The fraction of sp³-hybridized carbons (Fsp3) is 0.500. The molecule has 1 aromatic carbocycles. The lowest BCUT2D eigenvalue weighted by Crippen LogP contribution is -2.37. The highest BCUT2D eigenvalue weighted by Crippen LogP contribution is 2.26. The van der Waals surface area contributed by atoms with E-state index in [1.165, 1.54) is 0 Å². The van der Waals surface area contributed by atoms with E-state index >= 15 is 0 Å². The summed E-state index contributed by atoms with van der Waals surface area (Å²) in [5, 5.41) is 0. The van der Waals surface area contributed by atoms with E-state index in [4.69, 9.17) is 4.74 Å². The number of benzene rings is 1. The molecule has 0 bridgehead atoms. The first kappa shape index (κ1) is 15.0. The molecule has 0 aliphatic heterocycles.